The van der Waals surface area contributed by atoms with Crippen molar-refractivity contribution in [1.29, 1.82) is 0 Å². The highest BCUT2D eigenvalue weighted by atomic mass is 32.1. The predicted octanol–water partition coefficient (Wildman–Crippen LogP) is 16.7. The van der Waals surface area contributed by atoms with E-state index in [1.807, 2.05) is 17.4 Å². The minimum atomic E-state index is -0.498. The molecule has 0 radical (unpaired) electrons. The van der Waals surface area contributed by atoms with E-state index in [2.05, 4.69) is 214 Å². The SMILES string of the molecule is CC(C)(C)c1ccc(N(c2ccc3oc4ccccc4c3c2)c2cc3c(cc2-c2cccc4c2sc2ccccc24)-c2ccccc2C32c3ccccc3-c3ccccc32)cc1. The number of rotatable bonds is 4. The molecule has 11 aromatic rings. The van der Waals surface area contributed by atoms with E-state index < -0.39 is 5.41 Å². The third kappa shape index (κ3) is 4.86. The van der Waals surface area contributed by atoms with Crippen molar-refractivity contribution in [2.75, 3.05) is 4.90 Å². The molecule has 294 valence electrons. The van der Waals surface area contributed by atoms with Crippen molar-refractivity contribution in [3.8, 4) is 33.4 Å². The molecule has 0 amide bonds. The van der Waals surface area contributed by atoms with Crippen molar-refractivity contribution in [2.24, 2.45) is 0 Å². The van der Waals surface area contributed by atoms with E-state index in [1.165, 1.54) is 81.4 Å². The Morgan fingerprint density at radius 2 is 0.984 bits per heavy atom. The van der Waals surface area contributed by atoms with Gasteiger partial charge in [0.15, 0.2) is 0 Å². The number of anilines is 3. The van der Waals surface area contributed by atoms with Crippen molar-refractivity contribution in [3.63, 3.8) is 0 Å². The summed E-state index contributed by atoms with van der Waals surface area (Å²) < 4.78 is 9.03. The van der Waals surface area contributed by atoms with Crippen LogP contribution in [-0.4, -0.2) is 0 Å². The predicted molar refractivity (Wildman–Crippen MR) is 262 cm³/mol. The maximum Gasteiger partial charge on any atom is 0.135 e. The van der Waals surface area contributed by atoms with Crippen LogP contribution in [0.2, 0.25) is 0 Å². The van der Waals surface area contributed by atoms with Crippen LogP contribution in [-0.2, 0) is 10.8 Å². The monoisotopic (exact) mass is 811 g/mol. The average Bonchev–Trinajstić information content (AvgIpc) is 4.04. The van der Waals surface area contributed by atoms with Crippen LogP contribution in [0.4, 0.5) is 17.1 Å². The number of benzene rings is 9. The van der Waals surface area contributed by atoms with E-state index in [4.69, 9.17) is 4.42 Å². The zero-order valence-corrected chi connectivity index (χ0v) is 35.6. The molecule has 1 spiro atoms. The van der Waals surface area contributed by atoms with E-state index in [-0.39, 0.29) is 5.41 Å². The summed E-state index contributed by atoms with van der Waals surface area (Å²) in [5.74, 6) is 0. The third-order valence-electron chi connectivity index (χ3n) is 13.7. The lowest BCUT2D eigenvalue weighted by atomic mass is 9.70. The average molecular weight is 812 g/mol. The van der Waals surface area contributed by atoms with Crippen LogP contribution < -0.4 is 4.90 Å². The Bertz CT molecular complexity index is 3590. The Morgan fingerprint density at radius 3 is 1.69 bits per heavy atom. The van der Waals surface area contributed by atoms with Gasteiger partial charge in [0.1, 0.15) is 11.2 Å². The smallest absolute Gasteiger partial charge is 0.135 e. The molecule has 62 heavy (non-hydrogen) atoms. The van der Waals surface area contributed by atoms with Crippen molar-refractivity contribution in [3.05, 3.63) is 222 Å². The molecule has 2 aliphatic carbocycles. The maximum absolute atomic E-state index is 6.43. The van der Waals surface area contributed by atoms with Gasteiger partial charge >= 0.3 is 0 Å². The molecule has 3 heteroatoms. The topological polar surface area (TPSA) is 16.4 Å². The summed E-state index contributed by atoms with van der Waals surface area (Å²) in [6.07, 6.45) is 0. The van der Waals surface area contributed by atoms with E-state index in [0.717, 1.165) is 39.0 Å². The molecule has 0 unspecified atom stereocenters. The second-order valence-electron chi connectivity index (χ2n) is 18.0. The second-order valence-corrected chi connectivity index (χ2v) is 19.0. The third-order valence-corrected chi connectivity index (χ3v) is 14.9. The van der Waals surface area contributed by atoms with E-state index in [0.29, 0.717) is 0 Å². The van der Waals surface area contributed by atoms with Gasteiger partial charge in [0, 0.05) is 53.4 Å². The first kappa shape index (κ1) is 35.5. The minimum absolute atomic E-state index is 0.00887. The quantitative estimate of drug-likeness (QED) is 0.176. The number of hydrogen-bond donors (Lipinski definition) is 0. The molecule has 0 fully saturated rings. The van der Waals surface area contributed by atoms with Crippen LogP contribution in [0.3, 0.4) is 0 Å². The van der Waals surface area contributed by atoms with E-state index >= 15 is 0 Å². The highest BCUT2D eigenvalue weighted by Gasteiger charge is 2.52. The molecule has 0 saturated heterocycles. The summed E-state index contributed by atoms with van der Waals surface area (Å²) >= 11 is 1.89. The standard InChI is InChI=1S/C59H41NOS/c1-58(2,3)36-27-29-37(30-28-36)60(38-31-32-55-48(33-38)42-18-7-12-25-54(42)61-55)53-35-52-46(34-47(53)45-21-14-20-44-43-19-8-13-26-56(43)62-57(44)45)41-17-6-11-24-51(41)59(52)49-22-9-4-15-39(49)40-16-5-10-23-50(40)59/h4-35H,1-3H3. The number of para-hydroxylation sites is 1. The zero-order valence-electron chi connectivity index (χ0n) is 34.7. The molecular weight excluding hydrogens is 771 g/mol. The summed E-state index contributed by atoms with van der Waals surface area (Å²) in [6.45, 7) is 6.86. The maximum atomic E-state index is 6.43. The molecular formula is C59H41NOS. The van der Waals surface area contributed by atoms with Gasteiger partial charge in [-0.15, -0.1) is 11.3 Å². The Kier molecular flexibility index (Phi) is 7.40. The van der Waals surface area contributed by atoms with Gasteiger partial charge in [0.2, 0.25) is 0 Å². The first-order valence-electron chi connectivity index (χ1n) is 21.6. The summed E-state index contributed by atoms with van der Waals surface area (Å²) in [5, 5.41) is 4.81. The van der Waals surface area contributed by atoms with Gasteiger partial charge < -0.3 is 9.32 Å². The number of nitrogens with zero attached hydrogens (tertiary/aromatic N) is 1. The highest BCUT2D eigenvalue weighted by Crippen LogP contribution is 2.64. The van der Waals surface area contributed by atoms with Gasteiger partial charge in [-0.2, -0.15) is 0 Å². The highest BCUT2D eigenvalue weighted by molar-refractivity contribution is 7.26. The van der Waals surface area contributed by atoms with E-state index in [1.54, 1.807) is 0 Å². The minimum Gasteiger partial charge on any atom is -0.456 e. The molecule has 2 aliphatic rings. The van der Waals surface area contributed by atoms with Crippen molar-refractivity contribution >= 4 is 70.5 Å². The summed E-state index contributed by atoms with van der Waals surface area (Å²) in [7, 11) is 0. The largest absolute Gasteiger partial charge is 0.456 e. The molecule has 13 rings (SSSR count). The lowest BCUT2D eigenvalue weighted by Crippen LogP contribution is -2.26. The molecule has 9 aromatic carbocycles. The lowest BCUT2D eigenvalue weighted by Gasteiger charge is -2.33. The van der Waals surface area contributed by atoms with Gasteiger partial charge in [-0.3, -0.25) is 0 Å². The fourth-order valence-electron chi connectivity index (χ4n) is 10.9. The first-order chi connectivity index (χ1) is 30.4. The van der Waals surface area contributed by atoms with Crippen LogP contribution in [0.25, 0.3) is 75.5 Å². The zero-order chi connectivity index (χ0) is 41.3. The van der Waals surface area contributed by atoms with Gasteiger partial charge in [0.25, 0.3) is 0 Å². The Morgan fingerprint density at radius 1 is 0.419 bits per heavy atom. The Balaban J connectivity index is 1.18. The molecule has 0 atom stereocenters. The molecule has 0 N–H and O–H groups in total. The van der Waals surface area contributed by atoms with Crippen LogP contribution in [0.15, 0.2) is 199 Å². The summed E-state index contributed by atoms with van der Waals surface area (Å²) in [5.41, 5.74) is 18.8. The molecule has 0 saturated carbocycles. The van der Waals surface area contributed by atoms with Crippen LogP contribution in [0.5, 0.6) is 0 Å². The van der Waals surface area contributed by atoms with Gasteiger partial charge in [-0.05, 0) is 110 Å². The molecule has 0 aliphatic heterocycles. The lowest BCUT2D eigenvalue weighted by molar-refractivity contribution is 0.590. The molecule has 2 aromatic heterocycles. The fraction of sp³-hybridized carbons (Fsp3) is 0.0847. The number of hydrogen-bond acceptors (Lipinski definition) is 3. The summed E-state index contributed by atoms with van der Waals surface area (Å²) in [4.78, 5) is 2.51. The number of thiophene rings is 1. The van der Waals surface area contributed by atoms with Crippen LogP contribution >= 0.6 is 11.3 Å². The first-order valence-corrected chi connectivity index (χ1v) is 22.4. The Labute approximate surface area is 365 Å². The van der Waals surface area contributed by atoms with Gasteiger partial charge in [0.05, 0.1) is 11.1 Å². The normalized spacial score (nSPS) is 13.5. The molecule has 0 bridgehead atoms. The van der Waals surface area contributed by atoms with Crippen LogP contribution in [0, 0.1) is 0 Å². The fourth-order valence-corrected chi connectivity index (χ4v) is 12.1. The van der Waals surface area contributed by atoms with Crippen LogP contribution in [0.1, 0.15) is 48.6 Å². The second kappa shape index (κ2) is 12.9. The Hall–Kier alpha value is -7.20. The number of furan rings is 1. The van der Waals surface area contributed by atoms with E-state index in [9.17, 15) is 0 Å². The van der Waals surface area contributed by atoms with Gasteiger partial charge in [-0.25, -0.2) is 0 Å². The molecule has 2 heterocycles. The summed E-state index contributed by atoms with van der Waals surface area (Å²) in [6, 6.07) is 72.5. The number of fused-ring (bicyclic) bond motifs is 16. The van der Waals surface area contributed by atoms with Crippen molar-refractivity contribution in [1.82, 2.24) is 0 Å². The molecule has 2 nitrogen and oxygen atoms in total. The van der Waals surface area contributed by atoms with Crippen molar-refractivity contribution in [2.45, 2.75) is 31.6 Å². The van der Waals surface area contributed by atoms with Crippen molar-refractivity contribution < 1.29 is 4.42 Å². The van der Waals surface area contributed by atoms with Gasteiger partial charge in [-0.1, -0.05) is 160 Å².